The Kier molecular flexibility index (Phi) is 4.65. The molecule has 166 valence electrons. The standard InChI is InChI=1S/C27H32N4O/c1-15(2)25-23-9-17(4-5-24(23)30-26(25)18-6-7-29-16(3)8-18)21-10-22(21)27(32)31-13-19-11-28-12-20(19)14-31/h4-9,15,19-22,28,30H,10-14H2,1-3H3/t19?,20?,21-,22-/m1/s1. The number of likely N-dealkylation sites (tertiary alicyclic amines) is 1. The number of rotatable bonds is 4. The van der Waals surface area contributed by atoms with Crippen molar-refractivity contribution < 1.29 is 4.79 Å². The van der Waals surface area contributed by atoms with Crippen LogP contribution >= 0.6 is 0 Å². The van der Waals surface area contributed by atoms with Crippen LogP contribution in [0.4, 0.5) is 0 Å². The summed E-state index contributed by atoms with van der Waals surface area (Å²) < 4.78 is 0. The number of nitrogens with one attached hydrogen (secondary N) is 2. The molecule has 3 aromatic rings. The van der Waals surface area contributed by atoms with E-state index in [1.54, 1.807) is 0 Å². The normalized spacial score (nSPS) is 26.8. The molecule has 6 rings (SSSR count). The number of benzene rings is 1. The van der Waals surface area contributed by atoms with E-state index in [9.17, 15) is 4.79 Å². The van der Waals surface area contributed by atoms with Gasteiger partial charge in [0.05, 0.1) is 5.69 Å². The van der Waals surface area contributed by atoms with Crippen molar-refractivity contribution in [1.82, 2.24) is 20.2 Å². The average Bonchev–Trinajstić information content (AvgIpc) is 3.08. The van der Waals surface area contributed by atoms with Crippen molar-refractivity contribution >= 4 is 16.8 Å². The number of carbonyl (C=O) groups excluding carboxylic acids is 1. The molecule has 3 aliphatic rings. The van der Waals surface area contributed by atoms with Gasteiger partial charge in [0.1, 0.15) is 0 Å². The zero-order valence-corrected chi connectivity index (χ0v) is 19.2. The summed E-state index contributed by atoms with van der Waals surface area (Å²) in [4.78, 5) is 23.4. The van der Waals surface area contributed by atoms with Gasteiger partial charge in [0.25, 0.3) is 0 Å². The third-order valence-electron chi connectivity index (χ3n) is 7.86. The molecule has 5 heteroatoms. The molecular weight excluding hydrogens is 396 g/mol. The Morgan fingerprint density at radius 2 is 1.91 bits per heavy atom. The summed E-state index contributed by atoms with van der Waals surface area (Å²) in [6.07, 6.45) is 2.88. The minimum atomic E-state index is 0.169. The molecule has 1 aliphatic carbocycles. The van der Waals surface area contributed by atoms with Crippen LogP contribution in [0, 0.1) is 24.7 Å². The highest BCUT2D eigenvalue weighted by atomic mass is 16.2. The predicted octanol–water partition coefficient (Wildman–Crippen LogP) is 4.44. The molecule has 1 amide bonds. The molecule has 3 fully saturated rings. The lowest BCUT2D eigenvalue weighted by Gasteiger charge is -2.17. The average molecular weight is 429 g/mol. The van der Waals surface area contributed by atoms with Crippen molar-refractivity contribution in [3.63, 3.8) is 0 Å². The fourth-order valence-electron chi connectivity index (χ4n) is 6.10. The first-order valence-corrected chi connectivity index (χ1v) is 12.1. The lowest BCUT2D eigenvalue weighted by molar-refractivity contribution is -0.131. The van der Waals surface area contributed by atoms with Crippen LogP contribution in [0.15, 0.2) is 36.5 Å². The molecule has 0 radical (unpaired) electrons. The number of nitrogens with zero attached hydrogens (tertiary/aromatic N) is 2. The molecule has 4 atom stereocenters. The second-order valence-electron chi connectivity index (χ2n) is 10.4. The zero-order chi connectivity index (χ0) is 22.0. The highest BCUT2D eigenvalue weighted by Crippen LogP contribution is 2.50. The van der Waals surface area contributed by atoms with Crippen molar-refractivity contribution in [3.05, 3.63) is 53.3 Å². The molecule has 4 heterocycles. The topological polar surface area (TPSA) is 61.0 Å². The second kappa shape index (κ2) is 7.45. The highest BCUT2D eigenvalue weighted by Gasteiger charge is 2.48. The number of aromatic nitrogens is 2. The number of H-pyrrole nitrogens is 1. The molecule has 32 heavy (non-hydrogen) atoms. The van der Waals surface area contributed by atoms with Crippen molar-refractivity contribution in [2.24, 2.45) is 17.8 Å². The fourth-order valence-corrected chi connectivity index (χ4v) is 6.10. The number of hydrogen-bond donors (Lipinski definition) is 2. The molecule has 1 saturated carbocycles. The van der Waals surface area contributed by atoms with E-state index < -0.39 is 0 Å². The van der Waals surface area contributed by atoms with E-state index in [4.69, 9.17) is 0 Å². The molecule has 5 nitrogen and oxygen atoms in total. The van der Waals surface area contributed by atoms with Crippen LogP contribution in [-0.4, -0.2) is 47.0 Å². The molecule has 0 spiro atoms. The number of aryl methyl sites for hydroxylation is 1. The summed E-state index contributed by atoms with van der Waals surface area (Å²) in [5, 5.41) is 4.76. The Morgan fingerprint density at radius 3 is 2.62 bits per heavy atom. The van der Waals surface area contributed by atoms with E-state index in [2.05, 4.69) is 64.4 Å². The van der Waals surface area contributed by atoms with Crippen LogP contribution in [0.3, 0.4) is 0 Å². The van der Waals surface area contributed by atoms with E-state index in [1.165, 1.54) is 33.3 Å². The van der Waals surface area contributed by atoms with Gasteiger partial charge in [-0.05, 0) is 72.4 Å². The molecular formula is C27H32N4O. The van der Waals surface area contributed by atoms with E-state index in [0.717, 1.165) is 38.3 Å². The molecule has 2 aliphatic heterocycles. The number of fused-ring (bicyclic) bond motifs is 2. The van der Waals surface area contributed by atoms with Gasteiger partial charge in [0.15, 0.2) is 0 Å². The maximum absolute atomic E-state index is 13.2. The minimum absolute atomic E-state index is 0.169. The molecule has 2 saturated heterocycles. The SMILES string of the molecule is Cc1cc(-c2[nH]c3ccc([C@H]4C[C@H]4C(=O)N4CC5CNCC5C4)cc3c2C(C)C)ccn1. The van der Waals surface area contributed by atoms with E-state index in [0.29, 0.717) is 29.6 Å². The van der Waals surface area contributed by atoms with Crippen molar-refractivity contribution in [1.29, 1.82) is 0 Å². The Balaban J connectivity index is 1.28. The van der Waals surface area contributed by atoms with E-state index in [-0.39, 0.29) is 5.92 Å². The minimum Gasteiger partial charge on any atom is -0.354 e. The maximum Gasteiger partial charge on any atom is 0.226 e. The number of amides is 1. The first kappa shape index (κ1) is 20.0. The summed E-state index contributed by atoms with van der Waals surface area (Å²) in [6.45, 7) is 10.6. The Bertz CT molecular complexity index is 1180. The number of pyridine rings is 1. The monoisotopic (exact) mass is 428 g/mol. The van der Waals surface area contributed by atoms with Crippen LogP contribution in [0.5, 0.6) is 0 Å². The first-order chi connectivity index (χ1) is 15.5. The Labute approximate surface area is 189 Å². The maximum atomic E-state index is 13.2. The quantitative estimate of drug-likeness (QED) is 0.646. The molecule has 2 unspecified atom stereocenters. The molecule has 2 N–H and O–H groups in total. The van der Waals surface area contributed by atoms with Crippen LogP contribution in [0.2, 0.25) is 0 Å². The van der Waals surface area contributed by atoms with Crippen LogP contribution in [-0.2, 0) is 4.79 Å². The van der Waals surface area contributed by atoms with Gasteiger partial charge in [-0.25, -0.2) is 0 Å². The summed E-state index contributed by atoms with van der Waals surface area (Å²) in [5.41, 5.74) is 7.25. The number of carbonyl (C=O) groups is 1. The molecule has 0 bridgehead atoms. The van der Waals surface area contributed by atoms with E-state index in [1.807, 2.05) is 13.1 Å². The van der Waals surface area contributed by atoms with Gasteiger partial charge in [-0.2, -0.15) is 0 Å². The third-order valence-corrected chi connectivity index (χ3v) is 7.86. The van der Waals surface area contributed by atoms with Gasteiger partial charge >= 0.3 is 0 Å². The summed E-state index contributed by atoms with van der Waals surface area (Å²) in [6, 6.07) is 11.0. The largest absolute Gasteiger partial charge is 0.354 e. The van der Waals surface area contributed by atoms with Gasteiger partial charge in [0, 0.05) is 60.5 Å². The van der Waals surface area contributed by atoms with Crippen molar-refractivity contribution in [2.45, 2.75) is 39.0 Å². The van der Waals surface area contributed by atoms with Gasteiger partial charge in [-0.1, -0.05) is 19.9 Å². The second-order valence-corrected chi connectivity index (χ2v) is 10.4. The summed E-state index contributed by atoms with van der Waals surface area (Å²) in [7, 11) is 0. The van der Waals surface area contributed by atoms with Crippen LogP contribution < -0.4 is 5.32 Å². The van der Waals surface area contributed by atoms with Gasteiger partial charge in [-0.3, -0.25) is 9.78 Å². The lowest BCUT2D eigenvalue weighted by Crippen LogP contribution is -2.33. The molecule has 2 aromatic heterocycles. The predicted molar refractivity (Wildman–Crippen MR) is 128 cm³/mol. The van der Waals surface area contributed by atoms with E-state index >= 15 is 0 Å². The number of aromatic amines is 1. The third kappa shape index (κ3) is 3.25. The van der Waals surface area contributed by atoms with Gasteiger partial charge in [-0.15, -0.1) is 0 Å². The van der Waals surface area contributed by atoms with Crippen molar-refractivity contribution in [2.75, 3.05) is 26.2 Å². The fraction of sp³-hybridized carbons (Fsp3) is 0.481. The van der Waals surface area contributed by atoms with Gasteiger partial charge < -0.3 is 15.2 Å². The van der Waals surface area contributed by atoms with Gasteiger partial charge in [0.2, 0.25) is 5.91 Å². The summed E-state index contributed by atoms with van der Waals surface area (Å²) in [5.74, 6) is 2.65. The highest BCUT2D eigenvalue weighted by molar-refractivity contribution is 5.92. The lowest BCUT2D eigenvalue weighted by atomic mass is 9.95. The first-order valence-electron chi connectivity index (χ1n) is 12.1. The molecule has 1 aromatic carbocycles. The van der Waals surface area contributed by atoms with Crippen LogP contribution in [0.1, 0.15) is 48.9 Å². The zero-order valence-electron chi connectivity index (χ0n) is 19.2. The Hall–Kier alpha value is -2.66. The Morgan fingerprint density at radius 1 is 1.12 bits per heavy atom. The van der Waals surface area contributed by atoms with Crippen molar-refractivity contribution in [3.8, 4) is 11.3 Å². The van der Waals surface area contributed by atoms with Crippen LogP contribution in [0.25, 0.3) is 22.2 Å². The number of hydrogen-bond acceptors (Lipinski definition) is 3. The summed E-state index contributed by atoms with van der Waals surface area (Å²) >= 11 is 0. The smallest absolute Gasteiger partial charge is 0.226 e.